The number of para-hydroxylation sites is 1. The van der Waals surface area contributed by atoms with Gasteiger partial charge in [0.1, 0.15) is 11.6 Å². The van der Waals surface area contributed by atoms with Gasteiger partial charge in [-0.2, -0.15) is 5.26 Å². The van der Waals surface area contributed by atoms with E-state index >= 15 is 0 Å². The highest BCUT2D eigenvalue weighted by atomic mass is 19.1. The molecular formula is C29H21F2NO4. The first-order valence-corrected chi connectivity index (χ1v) is 11.4. The fraction of sp³-hybridized carbons (Fsp3) is 0.172. The lowest BCUT2D eigenvalue weighted by Gasteiger charge is -2.13. The van der Waals surface area contributed by atoms with Gasteiger partial charge in [0.2, 0.25) is 5.43 Å². The molecule has 4 aromatic rings. The molecule has 0 bridgehead atoms. The number of halogens is 2. The summed E-state index contributed by atoms with van der Waals surface area (Å²) in [7, 11) is 1.56. The van der Waals surface area contributed by atoms with E-state index in [1.807, 2.05) is 18.2 Å². The van der Waals surface area contributed by atoms with Gasteiger partial charge < -0.3 is 13.9 Å². The predicted molar refractivity (Wildman–Crippen MR) is 133 cm³/mol. The van der Waals surface area contributed by atoms with Crippen molar-refractivity contribution in [1.29, 1.82) is 5.26 Å². The average Bonchev–Trinajstić information content (AvgIpc) is 3.71. The van der Waals surface area contributed by atoms with Crippen molar-refractivity contribution in [3.8, 4) is 28.7 Å². The number of fused-ring (bicyclic) bond motifs is 1. The minimum Gasteiger partial charge on any atom is -0.493 e. The Hall–Kier alpha value is -4.44. The summed E-state index contributed by atoms with van der Waals surface area (Å²) < 4.78 is 45.8. The molecule has 1 aliphatic rings. The number of benzene rings is 3. The van der Waals surface area contributed by atoms with Gasteiger partial charge in [-0.1, -0.05) is 24.3 Å². The van der Waals surface area contributed by atoms with Gasteiger partial charge in [0.15, 0.2) is 22.9 Å². The highest BCUT2D eigenvalue weighted by Crippen LogP contribution is 2.36. The summed E-state index contributed by atoms with van der Waals surface area (Å²) >= 11 is 0. The number of rotatable bonds is 7. The molecule has 0 saturated heterocycles. The second-order valence-corrected chi connectivity index (χ2v) is 8.59. The topological polar surface area (TPSA) is 72.5 Å². The number of nitrogens with zero attached hydrogens (tertiary/aromatic N) is 1. The van der Waals surface area contributed by atoms with Crippen LogP contribution in [0.1, 0.15) is 29.7 Å². The van der Waals surface area contributed by atoms with Crippen LogP contribution in [0.4, 0.5) is 8.78 Å². The van der Waals surface area contributed by atoms with Gasteiger partial charge in [-0.15, -0.1) is 0 Å². The Kier molecular flexibility index (Phi) is 6.26. The minimum atomic E-state index is -0.974. The molecule has 0 amide bonds. The van der Waals surface area contributed by atoms with Crippen LogP contribution in [0, 0.1) is 28.9 Å². The zero-order valence-electron chi connectivity index (χ0n) is 19.4. The molecule has 36 heavy (non-hydrogen) atoms. The highest BCUT2D eigenvalue weighted by molar-refractivity contribution is 5.88. The summed E-state index contributed by atoms with van der Waals surface area (Å²) in [6, 6.07) is 15.4. The van der Waals surface area contributed by atoms with E-state index in [1.165, 1.54) is 0 Å². The average molecular weight is 485 g/mol. The van der Waals surface area contributed by atoms with E-state index < -0.39 is 17.1 Å². The minimum absolute atomic E-state index is 0.0821. The number of ether oxygens (including phenoxy) is 2. The lowest BCUT2D eigenvalue weighted by atomic mass is 10.00. The quantitative estimate of drug-likeness (QED) is 0.296. The first-order valence-electron chi connectivity index (χ1n) is 11.4. The van der Waals surface area contributed by atoms with Crippen LogP contribution in [0.2, 0.25) is 0 Å². The van der Waals surface area contributed by atoms with Crippen LogP contribution in [0.15, 0.2) is 63.8 Å². The third-order valence-electron chi connectivity index (χ3n) is 6.04. The Bertz CT molecular complexity index is 1580. The number of hydrogen-bond donors (Lipinski definition) is 0. The molecule has 0 spiro atoms. The summed E-state index contributed by atoms with van der Waals surface area (Å²) in [4.78, 5) is 13.4. The molecule has 3 aromatic carbocycles. The summed E-state index contributed by atoms with van der Waals surface area (Å²) in [6.07, 6.45) is 5.50. The van der Waals surface area contributed by atoms with E-state index in [2.05, 4.69) is 0 Å². The Morgan fingerprint density at radius 2 is 1.89 bits per heavy atom. The molecule has 1 fully saturated rings. The normalized spacial score (nSPS) is 13.2. The molecule has 5 nitrogen and oxygen atoms in total. The Morgan fingerprint density at radius 1 is 1.11 bits per heavy atom. The second kappa shape index (κ2) is 9.67. The van der Waals surface area contributed by atoms with Crippen LogP contribution in [0.5, 0.6) is 11.5 Å². The van der Waals surface area contributed by atoms with Gasteiger partial charge in [-0.25, -0.2) is 8.78 Å². The van der Waals surface area contributed by atoms with Crippen molar-refractivity contribution in [3.63, 3.8) is 0 Å². The highest BCUT2D eigenvalue weighted by Gasteiger charge is 2.23. The monoisotopic (exact) mass is 485 g/mol. The van der Waals surface area contributed by atoms with Crippen molar-refractivity contribution in [2.45, 2.75) is 12.8 Å². The van der Waals surface area contributed by atoms with E-state index in [0.29, 0.717) is 46.8 Å². The molecule has 1 aromatic heterocycles. The molecule has 1 saturated carbocycles. The van der Waals surface area contributed by atoms with Gasteiger partial charge in [0, 0.05) is 11.6 Å². The van der Waals surface area contributed by atoms with Crippen LogP contribution >= 0.6 is 0 Å². The maximum Gasteiger partial charge on any atom is 0.201 e. The lowest BCUT2D eigenvalue weighted by molar-refractivity contribution is 0.280. The van der Waals surface area contributed by atoms with Gasteiger partial charge in [-0.3, -0.25) is 4.79 Å². The van der Waals surface area contributed by atoms with Gasteiger partial charge in [0.05, 0.1) is 36.3 Å². The van der Waals surface area contributed by atoms with Crippen LogP contribution in [0.3, 0.4) is 0 Å². The van der Waals surface area contributed by atoms with Gasteiger partial charge >= 0.3 is 0 Å². The fourth-order valence-electron chi connectivity index (χ4n) is 3.97. The Balaban J connectivity index is 1.67. The lowest BCUT2D eigenvalue weighted by Crippen LogP contribution is -2.09. The number of hydrogen-bond acceptors (Lipinski definition) is 5. The third kappa shape index (κ3) is 4.58. The largest absolute Gasteiger partial charge is 0.493 e. The van der Waals surface area contributed by atoms with Gasteiger partial charge in [0.25, 0.3) is 0 Å². The number of nitriles is 1. The van der Waals surface area contributed by atoms with E-state index in [-0.39, 0.29) is 22.3 Å². The fourth-order valence-corrected chi connectivity index (χ4v) is 3.97. The van der Waals surface area contributed by atoms with Crippen LogP contribution in [-0.2, 0) is 0 Å². The van der Waals surface area contributed by atoms with Crippen molar-refractivity contribution >= 4 is 23.1 Å². The van der Waals surface area contributed by atoms with Crippen molar-refractivity contribution in [3.05, 3.63) is 93.3 Å². The molecule has 0 radical (unpaired) electrons. The molecule has 7 heteroatoms. The van der Waals surface area contributed by atoms with Crippen molar-refractivity contribution in [2.24, 2.45) is 5.92 Å². The predicted octanol–water partition coefficient (Wildman–Crippen LogP) is 6.58. The smallest absolute Gasteiger partial charge is 0.201 e. The summed E-state index contributed by atoms with van der Waals surface area (Å²) in [5, 5.41) is 8.92. The first kappa shape index (κ1) is 23.3. The summed E-state index contributed by atoms with van der Waals surface area (Å²) in [5.74, 6) is -0.130. The molecule has 5 rings (SSSR count). The standard InChI is InChI=1S/C29H21F2NO4/c1-34-25-4-2-3-20(28(25)35-16-18-5-6-18)11-12-24-26(19-9-7-17(15-32)8-10-19)27(33)22-13-21(30)14-23(31)29(22)36-24/h2-4,7-14,18H,5-6,16H2,1H3. The van der Waals surface area contributed by atoms with Crippen LogP contribution in [0.25, 0.3) is 34.2 Å². The molecule has 0 N–H and O–H groups in total. The molecule has 180 valence electrons. The molecule has 1 aliphatic carbocycles. The van der Waals surface area contributed by atoms with Crippen molar-refractivity contribution < 1.29 is 22.7 Å². The summed E-state index contributed by atoms with van der Waals surface area (Å²) in [5.41, 5.74) is 0.737. The zero-order valence-corrected chi connectivity index (χ0v) is 19.4. The van der Waals surface area contributed by atoms with E-state index in [0.717, 1.165) is 18.9 Å². The van der Waals surface area contributed by atoms with Crippen molar-refractivity contribution in [1.82, 2.24) is 0 Å². The molecule has 0 atom stereocenters. The SMILES string of the molecule is COc1cccc(C=Cc2oc3c(F)cc(F)cc3c(=O)c2-c2ccc(C#N)cc2)c1OCC1CC1. The summed E-state index contributed by atoms with van der Waals surface area (Å²) in [6.45, 7) is 0.569. The van der Waals surface area contributed by atoms with Crippen LogP contribution < -0.4 is 14.9 Å². The third-order valence-corrected chi connectivity index (χ3v) is 6.04. The van der Waals surface area contributed by atoms with E-state index in [1.54, 1.807) is 49.6 Å². The maximum absolute atomic E-state index is 14.6. The zero-order chi connectivity index (χ0) is 25.2. The molecule has 0 aliphatic heterocycles. The molecule has 0 unspecified atom stereocenters. The van der Waals surface area contributed by atoms with Crippen molar-refractivity contribution in [2.75, 3.05) is 13.7 Å². The molecule has 1 heterocycles. The number of methoxy groups -OCH3 is 1. The van der Waals surface area contributed by atoms with Gasteiger partial charge in [-0.05, 0) is 60.7 Å². The second-order valence-electron chi connectivity index (χ2n) is 8.59. The van der Waals surface area contributed by atoms with E-state index in [4.69, 9.17) is 19.2 Å². The van der Waals surface area contributed by atoms with E-state index in [9.17, 15) is 13.6 Å². The molecular weight excluding hydrogens is 464 g/mol. The first-order chi connectivity index (χ1) is 17.5. The maximum atomic E-state index is 14.6. The van der Waals surface area contributed by atoms with Crippen LogP contribution in [-0.4, -0.2) is 13.7 Å². The Morgan fingerprint density at radius 3 is 2.58 bits per heavy atom. The Labute approximate surface area is 205 Å².